The van der Waals surface area contributed by atoms with Gasteiger partial charge >= 0.3 is 0 Å². The first-order chi connectivity index (χ1) is 11.1. The Hall–Kier alpha value is -2.17. The SMILES string of the molecule is CC(/C=C/c1ccccc1)=N\NC(=S)Nc1cccc(Cl)c1C. The fourth-order valence-electron chi connectivity index (χ4n) is 1.85. The first kappa shape index (κ1) is 17.2. The second kappa shape index (κ2) is 8.46. The van der Waals surface area contributed by atoms with E-state index in [-0.39, 0.29) is 0 Å². The summed E-state index contributed by atoms with van der Waals surface area (Å²) >= 11 is 11.3. The van der Waals surface area contributed by atoms with Crippen LogP contribution in [0.2, 0.25) is 5.02 Å². The number of nitrogens with zero attached hydrogens (tertiary/aromatic N) is 1. The zero-order valence-electron chi connectivity index (χ0n) is 13.0. The van der Waals surface area contributed by atoms with Gasteiger partial charge in [-0.15, -0.1) is 0 Å². The summed E-state index contributed by atoms with van der Waals surface area (Å²) in [5.74, 6) is 0. The van der Waals surface area contributed by atoms with Crippen molar-refractivity contribution >= 4 is 46.4 Å². The number of allylic oxidation sites excluding steroid dienone is 1. The number of anilines is 1. The zero-order valence-corrected chi connectivity index (χ0v) is 14.6. The molecule has 0 unspecified atom stereocenters. The van der Waals surface area contributed by atoms with Gasteiger partial charge in [0.15, 0.2) is 5.11 Å². The molecule has 0 aromatic heterocycles. The van der Waals surface area contributed by atoms with Crippen LogP contribution in [0.15, 0.2) is 59.7 Å². The number of hydrazone groups is 1. The Morgan fingerprint density at radius 1 is 1.13 bits per heavy atom. The van der Waals surface area contributed by atoms with Gasteiger partial charge < -0.3 is 5.32 Å². The summed E-state index contributed by atoms with van der Waals surface area (Å²) < 4.78 is 0. The maximum atomic E-state index is 6.08. The van der Waals surface area contributed by atoms with Gasteiger partial charge in [0, 0.05) is 10.7 Å². The third kappa shape index (κ3) is 5.51. The minimum Gasteiger partial charge on any atom is -0.331 e. The Morgan fingerprint density at radius 3 is 2.61 bits per heavy atom. The van der Waals surface area contributed by atoms with Crippen molar-refractivity contribution in [2.45, 2.75) is 13.8 Å². The minimum absolute atomic E-state index is 0.419. The van der Waals surface area contributed by atoms with E-state index in [0.29, 0.717) is 10.1 Å². The predicted octanol–water partition coefficient (Wildman–Crippen LogP) is 5.02. The lowest BCUT2D eigenvalue weighted by Gasteiger charge is -2.10. The molecule has 23 heavy (non-hydrogen) atoms. The highest BCUT2D eigenvalue weighted by Gasteiger charge is 2.03. The number of nitrogens with one attached hydrogen (secondary N) is 2. The molecule has 0 aliphatic heterocycles. The Balaban J connectivity index is 1.92. The average molecular weight is 344 g/mol. The van der Waals surface area contributed by atoms with Crippen molar-refractivity contribution in [2.24, 2.45) is 5.10 Å². The van der Waals surface area contributed by atoms with Gasteiger partial charge in [0.2, 0.25) is 0 Å². The third-order valence-corrected chi connectivity index (χ3v) is 3.77. The normalized spacial score (nSPS) is 11.5. The molecule has 0 atom stereocenters. The van der Waals surface area contributed by atoms with Gasteiger partial charge in [-0.3, -0.25) is 5.43 Å². The summed E-state index contributed by atoms with van der Waals surface area (Å²) in [5.41, 5.74) is 6.58. The molecular formula is C18H18ClN3S. The molecule has 0 amide bonds. The third-order valence-electron chi connectivity index (χ3n) is 3.17. The van der Waals surface area contributed by atoms with Gasteiger partial charge in [-0.1, -0.05) is 54.1 Å². The molecule has 0 aliphatic carbocycles. The molecule has 5 heteroatoms. The summed E-state index contributed by atoms with van der Waals surface area (Å²) in [6, 6.07) is 15.7. The standard InChI is InChI=1S/C18H18ClN3S/c1-13(11-12-15-7-4-3-5-8-15)21-22-18(23)20-17-10-6-9-16(19)14(17)2/h3-12H,1-2H3,(H2,20,22,23)/b12-11+,21-13+. The average Bonchev–Trinajstić information content (AvgIpc) is 2.56. The van der Waals surface area contributed by atoms with E-state index in [0.717, 1.165) is 22.5 Å². The molecule has 0 heterocycles. The Bertz CT molecular complexity index is 739. The van der Waals surface area contributed by atoms with Crippen molar-refractivity contribution in [3.8, 4) is 0 Å². The minimum atomic E-state index is 0.419. The first-order valence-corrected chi connectivity index (χ1v) is 7.94. The van der Waals surface area contributed by atoms with Gasteiger partial charge in [-0.05, 0) is 55.4 Å². The molecule has 0 saturated carbocycles. The topological polar surface area (TPSA) is 36.4 Å². The van der Waals surface area contributed by atoms with Crippen molar-refractivity contribution in [1.82, 2.24) is 5.43 Å². The van der Waals surface area contributed by atoms with E-state index >= 15 is 0 Å². The van der Waals surface area contributed by atoms with E-state index in [1.807, 2.05) is 74.5 Å². The molecule has 2 N–H and O–H groups in total. The molecule has 0 saturated heterocycles. The van der Waals surface area contributed by atoms with Gasteiger partial charge in [-0.2, -0.15) is 5.10 Å². The summed E-state index contributed by atoms with van der Waals surface area (Å²) in [4.78, 5) is 0. The number of hydrogen-bond donors (Lipinski definition) is 2. The summed E-state index contributed by atoms with van der Waals surface area (Å²) in [6.45, 7) is 3.84. The molecule has 0 aliphatic rings. The van der Waals surface area contributed by atoms with Crippen LogP contribution in [0.1, 0.15) is 18.1 Å². The fraction of sp³-hybridized carbons (Fsp3) is 0.111. The highest BCUT2D eigenvalue weighted by Crippen LogP contribution is 2.22. The van der Waals surface area contributed by atoms with Crippen LogP contribution in [0.4, 0.5) is 5.69 Å². The van der Waals surface area contributed by atoms with Crippen molar-refractivity contribution < 1.29 is 0 Å². The van der Waals surface area contributed by atoms with E-state index in [9.17, 15) is 0 Å². The predicted molar refractivity (Wildman–Crippen MR) is 104 cm³/mol. The number of benzene rings is 2. The zero-order chi connectivity index (χ0) is 16.7. The van der Waals surface area contributed by atoms with Gasteiger partial charge in [-0.25, -0.2) is 0 Å². The largest absolute Gasteiger partial charge is 0.331 e. The summed E-state index contributed by atoms with van der Waals surface area (Å²) in [6.07, 6.45) is 3.92. The summed E-state index contributed by atoms with van der Waals surface area (Å²) in [5, 5.41) is 8.43. The molecule has 0 radical (unpaired) electrons. The molecule has 3 nitrogen and oxygen atoms in total. The van der Waals surface area contributed by atoms with Crippen LogP contribution >= 0.6 is 23.8 Å². The lowest BCUT2D eigenvalue weighted by atomic mass is 10.2. The van der Waals surface area contributed by atoms with Gasteiger partial charge in [0.1, 0.15) is 0 Å². The second-order valence-corrected chi connectivity index (χ2v) is 5.79. The molecule has 0 spiro atoms. The Kier molecular flexibility index (Phi) is 6.32. The maximum Gasteiger partial charge on any atom is 0.191 e. The molecule has 2 aromatic carbocycles. The van der Waals surface area contributed by atoms with Crippen LogP contribution < -0.4 is 10.7 Å². The van der Waals surface area contributed by atoms with Crippen molar-refractivity contribution in [2.75, 3.05) is 5.32 Å². The molecule has 0 fully saturated rings. The highest BCUT2D eigenvalue weighted by molar-refractivity contribution is 7.80. The van der Waals surface area contributed by atoms with E-state index in [1.165, 1.54) is 0 Å². The fourth-order valence-corrected chi connectivity index (χ4v) is 2.18. The van der Waals surface area contributed by atoms with E-state index in [2.05, 4.69) is 15.8 Å². The smallest absolute Gasteiger partial charge is 0.191 e. The molecule has 2 rings (SSSR count). The number of thiocarbonyl (C=S) groups is 1. The number of halogens is 1. The molecule has 0 bridgehead atoms. The number of hydrogen-bond acceptors (Lipinski definition) is 2. The number of rotatable bonds is 4. The van der Waals surface area contributed by atoms with Crippen LogP contribution in [-0.2, 0) is 0 Å². The quantitative estimate of drug-likeness (QED) is 0.464. The van der Waals surface area contributed by atoms with E-state index in [4.69, 9.17) is 23.8 Å². The maximum absolute atomic E-state index is 6.08. The van der Waals surface area contributed by atoms with Crippen molar-refractivity contribution in [3.63, 3.8) is 0 Å². The monoisotopic (exact) mass is 343 g/mol. The molecule has 118 valence electrons. The van der Waals surface area contributed by atoms with Gasteiger partial charge in [0.05, 0.1) is 5.71 Å². The van der Waals surface area contributed by atoms with Crippen molar-refractivity contribution in [3.05, 3.63) is 70.8 Å². The van der Waals surface area contributed by atoms with Crippen LogP contribution in [-0.4, -0.2) is 10.8 Å². The lowest BCUT2D eigenvalue weighted by molar-refractivity contribution is 1.04. The van der Waals surface area contributed by atoms with E-state index < -0.39 is 0 Å². The molecular weight excluding hydrogens is 326 g/mol. The van der Waals surface area contributed by atoms with Crippen LogP contribution in [0.3, 0.4) is 0 Å². The Morgan fingerprint density at radius 2 is 1.87 bits per heavy atom. The van der Waals surface area contributed by atoms with Crippen molar-refractivity contribution in [1.29, 1.82) is 0 Å². The molecule has 2 aromatic rings. The lowest BCUT2D eigenvalue weighted by Crippen LogP contribution is -2.25. The highest BCUT2D eigenvalue weighted by atomic mass is 35.5. The van der Waals surface area contributed by atoms with Crippen LogP contribution in [0, 0.1) is 6.92 Å². The Labute approximate surface area is 147 Å². The van der Waals surface area contributed by atoms with Crippen LogP contribution in [0.25, 0.3) is 6.08 Å². The van der Waals surface area contributed by atoms with E-state index in [1.54, 1.807) is 0 Å². The van der Waals surface area contributed by atoms with Crippen LogP contribution in [0.5, 0.6) is 0 Å². The summed E-state index contributed by atoms with van der Waals surface area (Å²) in [7, 11) is 0. The second-order valence-electron chi connectivity index (χ2n) is 4.98. The van der Waals surface area contributed by atoms with Gasteiger partial charge in [0.25, 0.3) is 0 Å². The first-order valence-electron chi connectivity index (χ1n) is 7.16.